The smallest absolute Gasteiger partial charge is 0.392 e. The van der Waals surface area contributed by atoms with E-state index in [1.165, 1.54) is 18.6 Å². The molecule has 3 aromatic rings. The Morgan fingerprint density at radius 3 is 2.42 bits per heavy atom. The van der Waals surface area contributed by atoms with Gasteiger partial charge in [-0.25, -0.2) is 9.18 Å². The summed E-state index contributed by atoms with van der Waals surface area (Å²) in [6, 6.07) is 11.5. The number of hydrogen-bond donors (Lipinski definition) is 0. The summed E-state index contributed by atoms with van der Waals surface area (Å²) in [5.41, 5.74) is 3.09. The lowest BCUT2D eigenvalue weighted by Gasteiger charge is -2.29. The molecule has 1 aromatic heterocycles. The summed E-state index contributed by atoms with van der Waals surface area (Å²) >= 11 is 0. The first-order valence-corrected chi connectivity index (χ1v) is 10.9. The van der Waals surface area contributed by atoms with E-state index in [-0.39, 0.29) is 5.56 Å². The van der Waals surface area contributed by atoms with Crippen LogP contribution in [0.15, 0.2) is 42.5 Å². The maximum Gasteiger partial charge on any atom is 0.392 e. The number of piperidine rings is 1. The van der Waals surface area contributed by atoms with Crippen molar-refractivity contribution in [3.63, 3.8) is 0 Å². The van der Waals surface area contributed by atoms with Crippen LogP contribution >= 0.6 is 0 Å². The van der Waals surface area contributed by atoms with Crippen LogP contribution in [0.5, 0.6) is 0 Å². The molecule has 0 spiro atoms. The topological polar surface area (TPSA) is 42.4 Å². The second-order valence-corrected chi connectivity index (χ2v) is 8.20. The zero-order valence-corrected chi connectivity index (χ0v) is 18.2. The van der Waals surface area contributed by atoms with Gasteiger partial charge in [-0.15, -0.1) is 0 Å². The fourth-order valence-electron chi connectivity index (χ4n) is 4.22. The molecule has 174 valence electrons. The van der Waals surface area contributed by atoms with E-state index in [9.17, 15) is 22.4 Å². The highest BCUT2D eigenvalue weighted by Gasteiger charge is 2.29. The highest BCUT2D eigenvalue weighted by atomic mass is 19.4. The second-order valence-electron chi connectivity index (χ2n) is 8.20. The molecule has 0 unspecified atom stereocenters. The number of fused-ring (bicyclic) bond motifs is 1. The van der Waals surface area contributed by atoms with Gasteiger partial charge in [-0.1, -0.05) is 12.1 Å². The van der Waals surface area contributed by atoms with Crippen LogP contribution in [-0.4, -0.2) is 36.8 Å². The monoisotopic (exact) mass is 460 g/mol. The van der Waals surface area contributed by atoms with Gasteiger partial charge in [0, 0.05) is 29.7 Å². The zero-order valence-electron chi connectivity index (χ0n) is 18.2. The number of aromatic nitrogens is 1. The number of anilines is 1. The van der Waals surface area contributed by atoms with Gasteiger partial charge in [0.15, 0.2) is 0 Å². The molecule has 0 bridgehead atoms. The van der Waals surface area contributed by atoms with E-state index in [2.05, 4.69) is 9.88 Å². The molecule has 33 heavy (non-hydrogen) atoms. The Morgan fingerprint density at radius 1 is 1.06 bits per heavy atom. The Hall–Kier alpha value is -3.16. The molecule has 4 nitrogen and oxygen atoms in total. The van der Waals surface area contributed by atoms with Crippen molar-refractivity contribution < 1.29 is 27.1 Å². The van der Waals surface area contributed by atoms with Crippen molar-refractivity contribution in [3.05, 3.63) is 59.5 Å². The van der Waals surface area contributed by atoms with Crippen molar-refractivity contribution in [2.75, 3.05) is 24.6 Å². The van der Waals surface area contributed by atoms with Crippen LogP contribution in [0.1, 0.15) is 41.7 Å². The number of hydrogen-bond acceptors (Lipinski definition) is 4. The number of pyridine rings is 1. The normalized spacial score (nSPS) is 14.5. The fourth-order valence-corrected chi connectivity index (χ4v) is 4.22. The summed E-state index contributed by atoms with van der Waals surface area (Å²) < 4.78 is 56.3. The number of nitrogens with zero attached hydrogens (tertiary/aromatic N) is 2. The maximum absolute atomic E-state index is 13.6. The average Bonchev–Trinajstić information content (AvgIpc) is 2.78. The number of ether oxygens (including phenoxy) is 1. The van der Waals surface area contributed by atoms with E-state index in [4.69, 9.17) is 4.74 Å². The summed E-state index contributed by atoms with van der Waals surface area (Å²) in [5.74, 6) is -1.31. The number of alkyl halides is 3. The number of halogens is 4. The van der Waals surface area contributed by atoms with Gasteiger partial charge >= 0.3 is 12.1 Å². The van der Waals surface area contributed by atoms with E-state index in [0.29, 0.717) is 27.7 Å². The molecule has 8 heteroatoms. The number of rotatable bonds is 5. The van der Waals surface area contributed by atoms with Gasteiger partial charge in [0.1, 0.15) is 12.4 Å². The first kappa shape index (κ1) is 23.0. The van der Waals surface area contributed by atoms with Crippen LogP contribution in [0.4, 0.5) is 23.2 Å². The van der Waals surface area contributed by atoms with Crippen molar-refractivity contribution in [2.24, 2.45) is 0 Å². The lowest BCUT2D eigenvalue weighted by molar-refractivity contribution is -0.141. The summed E-state index contributed by atoms with van der Waals surface area (Å²) in [5, 5.41) is 0.665. The Bertz CT molecular complexity index is 1150. The van der Waals surface area contributed by atoms with E-state index >= 15 is 0 Å². The van der Waals surface area contributed by atoms with Crippen LogP contribution in [0.2, 0.25) is 0 Å². The molecule has 0 radical (unpaired) electrons. The molecule has 0 saturated carbocycles. The molecule has 1 aliphatic heterocycles. The van der Waals surface area contributed by atoms with Gasteiger partial charge in [-0.3, -0.25) is 4.98 Å². The lowest BCUT2D eigenvalue weighted by atomic mass is 9.93. The molecule has 0 aliphatic carbocycles. The molecular formula is C25H24F4N2O2. The summed E-state index contributed by atoms with van der Waals surface area (Å²) in [6.07, 6.45) is -2.30. The highest BCUT2D eigenvalue weighted by Crippen LogP contribution is 2.36. The van der Waals surface area contributed by atoms with Crippen LogP contribution in [-0.2, 0) is 4.74 Å². The molecule has 0 atom stereocenters. The number of esters is 1. The van der Waals surface area contributed by atoms with E-state index in [0.717, 1.165) is 31.6 Å². The molecule has 2 heterocycles. The molecule has 0 amide bonds. The summed E-state index contributed by atoms with van der Waals surface area (Å²) in [4.78, 5) is 19.7. The van der Waals surface area contributed by atoms with Crippen molar-refractivity contribution in [1.82, 2.24) is 4.98 Å². The molecule has 4 rings (SSSR count). The van der Waals surface area contributed by atoms with Crippen molar-refractivity contribution in [1.29, 1.82) is 0 Å². The maximum atomic E-state index is 13.6. The van der Waals surface area contributed by atoms with Gasteiger partial charge in [0.05, 0.1) is 23.2 Å². The van der Waals surface area contributed by atoms with Gasteiger partial charge in [-0.2, -0.15) is 13.2 Å². The molecule has 2 aromatic carbocycles. The molecule has 1 aliphatic rings. The predicted molar refractivity (Wildman–Crippen MR) is 119 cm³/mol. The second kappa shape index (κ2) is 9.37. The number of benzene rings is 2. The summed E-state index contributed by atoms with van der Waals surface area (Å²) in [7, 11) is 0. The number of carbonyl (C=O) groups excluding carboxylic acids is 1. The van der Waals surface area contributed by atoms with Gasteiger partial charge in [0.2, 0.25) is 0 Å². The van der Waals surface area contributed by atoms with Crippen molar-refractivity contribution in [2.45, 2.75) is 38.8 Å². The van der Waals surface area contributed by atoms with E-state index < -0.39 is 31.0 Å². The lowest BCUT2D eigenvalue weighted by Crippen LogP contribution is -2.29. The minimum atomic E-state index is -4.43. The minimum absolute atomic E-state index is 0.0899. The standard InChI is InChI=1S/C25H24F4N2O2/c1-16-22(24(32)33-14-11-25(27,28)29)23(17-5-7-18(26)8-6-17)20-15-19(9-10-21(20)30-16)31-12-3-2-4-13-31/h5-10,15H,2-4,11-14H2,1H3. The first-order chi connectivity index (χ1) is 15.7. The predicted octanol–water partition coefficient (Wildman–Crippen LogP) is 6.45. The molecule has 0 N–H and O–H groups in total. The van der Waals surface area contributed by atoms with Gasteiger partial charge < -0.3 is 9.64 Å². The van der Waals surface area contributed by atoms with Crippen LogP contribution in [0.3, 0.4) is 0 Å². The summed E-state index contributed by atoms with van der Waals surface area (Å²) in [6.45, 7) is 2.67. The Balaban J connectivity index is 1.84. The molecule has 1 fully saturated rings. The van der Waals surface area contributed by atoms with Crippen LogP contribution in [0, 0.1) is 12.7 Å². The highest BCUT2D eigenvalue weighted by molar-refractivity contribution is 6.08. The Kier molecular flexibility index (Phi) is 6.54. The minimum Gasteiger partial charge on any atom is -0.462 e. The number of carbonyl (C=O) groups is 1. The fraction of sp³-hybridized carbons (Fsp3) is 0.360. The third-order valence-corrected chi connectivity index (χ3v) is 5.83. The first-order valence-electron chi connectivity index (χ1n) is 10.9. The Morgan fingerprint density at radius 2 is 1.76 bits per heavy atom. The third kappa shape index (κ3) is 5.26. The van der Waals surface area contributed by atoms with E-state index in [1.807, 2.05) is 18.2 Å². The average molecular weight is 460 g/mol. The molecular weight excluding hydrogens is 436 g/mol. The van der Waals surface area contributed by atoms with Gasteiger partial charge in [-0.05, 0) is 62.1 Å². The third-order valence-electron chi connectivity index (χ3n) is 5.83. The van der Waals surface area contributed by atoms with Crippen molar-refractivity contribution in [3.8, 4) is 11.1 Å². The van der Waals surface area contributed by atoms with Gasteiger partial charge in [0.25, 0.3) is 0 Å². The quantitative estimate of drug-likeness (QED) is 0.324. The molecule has 1 saturated heterocycles. The van der Waals surface area contributed by atoms with Crippen molar-refractivity contribution >= 4 is 22.6 Å². The van der Waals surface area contributed by atoms with Crippen LogP contribution in [0.25, 0.3) is 22.0 Å². The largest absolute Gasteiger partial charge is 0.462 e. The van der Waals surface area contributed by atoms with E-state index in [1.54, 1.807) is 19.1 Å². The van der Waals surface area contributed by atoms with Crippen LogP contribution < -0.4 is 4.90 Å². The Labute approximate surface area is 189 Å². The SMILES string of the molecule is Cc1nc2ccc(N3CCCCC3)cc2c(-c2ccc(F)cc2)c1C(=O)OCCC(F)(F)F. The zero-order chi connectivity index (χ0) is 23.6. The number of aryl methyl sites for hydroxylation is 1.